The summed E-state index contributed by atoms with van der Waals surface area (Å²) >= 11 is 0. The zero-order valence-corrected chi connectivity index (χ0v) is 13.1. The molecule has 0 aliphatic carbocycles. The summed E-state index contributed by atoms with van der Waals surface area (Å²) in [4.78, 5) is 16.7. The van der Waals surface area contributed by atoms with Gasteiger partial charge in [0.05, 0.1) is 5.69 Å². The van der Waals surface area contributed by atoms with Gasteiger partial charge in [0.2, 0.25) is 0 Å². The highest BCUT2D eigenvalue weighted by atomic mass is 16.5. The Morgan fingerprint density at radius 3 is 2.41 bits per heavy atom. The Morgan fingerprint density at radius 2 is 1.82 bits per heavy atom. The lowest BCUT2D eigenvalue weighted by Gasteiger charge is -2.34. The Hall–Kier alpha value is -2.14. The molecule has 1 aliphatic rings. The summed E-state index contributed by atoms with van der Waals surface area (Å²) in [6.07, 6.45) is 0. The molecule has 2 aromatic rings. The minimum Gasteiger partial charge on any atom is -0.361 e. The molecule has 0 radical (unpaired) electrons. The first-order valence-electron chi connectivity index (χ1n) is 7.63. The number of piperazine rings is 1. The van der Waals surface area contributed by atoms with E-state index >= 15 is 0 Å². The van der Waals surface area contributed by atoms with Crippen LogP contribution in [0.15, 0.2) is 34.9 Å². The predicted octanol–water partition coefficient (Wildman–Crippen LogP) is 2.25. The first-order valence-corrected chi connectivity index (χ1v) is 7.63. The molecule has 1 amide bonds. The molecular formula is C17H21N3O2. The third kappa shape index (κ3) is 3.04. The number of hydrogen-bond donors (Lipinski definition) is 0. The first kappa shape index (κ1) is 14.8. The zero-order chi connectivity index (χ0) is 15.5. The predicted molar refractivity (Wildman–Crippen MR) is 83.6 cm³/mol. The van der Waals surface area contributed by atoms with Crippen LogP contribution in [-0.4, -0.2) is 47.0 Å². The number of amides is 1. The van der Waals surface area contributed by atoms with E-state index in [2.05, 4.69) is 10.1 Å². The Labute approximate surface area is 130 Å². The van der Waals surface area contributed by atoms with E-state index < -0.39 is 0 Å². The van der Waals surface area contributed by atoms with Crippen LogP contribution >= 0.6 is 0 Å². The van der Waals surface area contributed by atoms with Gasteiger partial charge in [0.25, 0.3) is 5.91 Å². The molecule has 0 unspecified atom stereocenters. The van der Waals surface area contributed by atoms with E-state index in [4.69, 9.17) is 4.52 Å². The van der Waals surface area contributed by atoms with Gasteiger partial charge in [-0.05, 0) is 26.0 Å². The fourth-order valence-corrected chi connectivity index (χ4v) is 2.82. The Balaban J connectivity index is 1.58. The molecule has 1 saturated heterocycles. The normalized spacial score (nSPS) is 16.0. The van der Waals surface area contributed by atoms with Crippen LogP contribution in [0.5, 0.6) is 0 Å². The molecule has 0 N–H and O–H groups in total. The van der Waals surface area contributed by atoms with Crippen LogP contribution in [0.2, 0.25) is 0 Å². The summed E-state index contributed by atoms with van der Waals surface area (Å²) in [5.74, 6) is 1.01. The van der Waals surface area contributed by atoms with Crippen molar-refractivity contribution in [3.8, 4) is 0 Å². The van der Waals surface area contributed by atoms with E-state index in [9.17, 15) is 4.79 Å². The summed E-state index contributed by atoms with van der Waals surface area (Å²) in [7, 11) is 0. The largest absolute Gasteiger partial charge is 0.361 e. The SMILES string of the molecule is Cc1noc(C)c1CN1CCN(C(=O)c2ccccc2)CC1. The van der Waals surface area contributed by atoms with Gasteiger partial charge in [0.15, 0.2) is 0 Å². The smallest absolute Gasteiger partial charge is 0.253 e. The molecule has 0 spiro atoms. The Kier molecular flexibility index (Phi) is 4.24. The molecule has 116 valence electrons. The van der Waals surface area contributed by atoms with Gasteiger partial charge in [-0.25, -0.2) is 0 Å². The third-order valence-electron chi connectivity index (χ3n) is 4.24. The Bertz CT molecular complexity index is 624. The average Bonchev–Trinajstić information content (AvgIpc) is 2.88. The molecule has 2 heterocycles. The van der Waals surface area contributed by atoms with Crippen molar-refractivity contribution in [2.75, 3.05) is 26.2 Å². The van der Waals surface area contributed by atoms with Gasteiger partial charge < -0.3 is 9.42 Å². The number of carbonyl (C=O) groups is 1. The van der Waals surface area contributed by atoms with Gasteiger partial charge in [0, 0.05) is 43.9 Å². The second kappa shape index (κ2) is 6.32. The average molecular weight is 299 g/mol. The second-order valence-electron chi connectivity index (χ2n) is 5.74. The summed E-state index contributed by atoms with van der Waals surface area (Å²) in [6.45, 7) is 8.04. The molecule has 0 atom stereocenters. The topological polar surface area (TPSA) is 49.6 Å². The van der Waals surface area contributed by atoms with Crippen molar-refractivity contribution in [2.24, 2.45) is 0 Å². The minimum atomic E-state index is 0.123. The fraction of sp³-hybridized carbons (Fsp3) is 0.412. The van der Waals surface area contributed by atoms with Crippen LogP contribution in [0.1, 0.15) is 27.4 Å². The molecule has 5 nitrogen and oxygen atoms in total. The van der Waals surface area contributed by atoms with Crippen molar-refractivity contribution in [3.05, 3.63) is 52.9 Å². The van der Waals surface area contributed by atoms with Crippen LogP contribution in [0, 0.1) is 13.8 Å². The highest BCUT2D eigenvalue weighted by Gasteiger charge is 2.23. The van der Waals surface area contributed by atoms with Crippen LogP contribution in [0.4, 0.5) is 0 Å². The minimum absolute atomic E-state index is 0.123. The number of nitrogens with zero attached hydrogens (tertiary/aromatic N) is 3. The first-order chi connectivity index (χ1) is 10.6. The lowest BCUT2D eigenvalue weighted by Crippen LogP contribution is -2.48. The molecule has 1 aromatic carbocycles. The highest BCUT2D eigenvalue weighted by molar-refractivity contribution is 5.94. The molecule has 1 fully saturated rings. The molecular weight excluding hydrogens is 278 g/mol. The lowest BCUT2D eigenvalue weighted by atomic mass is 10.1. The maximum absolute atomic E-state index is 12.4. The van der Waals surface area contributed by atoms with Crippen molar-refractivity contribution >= 4 is 5.91 Å². The molecule has 5 heteroatoms. The van der Waals surface area contributed by atoms with Crippen LogP contribution < -0.4 is 0 Å². The maximum Gasteiger partial charge on any atom is 0.253 e. The third-order valence-corrected chi connectivity index (χ3v) is 4.24. The van der Waals surface area contributed by atoms with E-state index in [0.717, 1.165) is 49.7 Å². The van der Waals surface area contributed by atoms with Crippen molar-refractivity contribution in [3.63, 3.8) is 0 Å². The number of carbonyl (C=O) groups excluding carboxylic acids is 1. The summed E-state index contributed by atoms with van der Waals surface area (Å²) < 4.78 is 5.21. The monoisotopic (exact) mass is 299 g/mol. The molecule has 1 aromatic heterocycles. The fourth-order valence-electron chi connectivity index (χ4n) is 2.82. The number of aryl methyl sites for hydroxylation is 2. The van der Waals surface area contributed by atoms with Gasteiger partial charge in [-0.1, -0.05) is 23.4 Å². The van der Waals surface area contributed by atoms with E-state index in [-0.39, 0.29) is 5.91 Å². The summed E-state index contributed by atoms with van der Waals surface area (Å²) in [5, 5.41) is 4.00. The van der Waals surface area contributed by atoms with Crippen molar-refractivity contribution in [1.82, 2.24) is 15.0 Å². The van der Waals surface area contributed by atoms with Crippen LogP contribution in [0.3, 0.4) is 0 Å². The molecule has 22 heavy (non-hydrogen) atoms. The van der Waals surface area contributed by atoms with Gasteiger partial charge in [-0.2, -0.15) is 0 Å². The van der Waals surface area contributed by atoms with Crippen molar-refractivity contribution in [1.29, 1.82) is 0 Å². The van der Waals surface area contributed by atoms with Crippen molar-refractivity contribution in [2.45, 2.75) is 20.4 Å². The molecule has 0 saturated carbocycles. The van der Waals surface area contributed by atoms with Crippen LogP contribution in [0.25, 0.3) is 0 Å². The lowest BCUT2D eigenvalue weighted by molar-refractivity contribution is 0.0627. The standard InChI is InChI=1S/C17H21N3O2/c1-13-16(14(2)22-18-13)12-19-8-10-20(11-9-19)17(21)15-6-4-3-5-7-15/h3-7H,8-12H2,1-2H3. The van der Waals surface area contributed by atoms with E-state index in [1.807, 2.05) is 49.1 Å². The summed E-state index contributed by atoms with van der Waals surface area (Å²) in [5.41, 5.74) is 2.89. The van der Waals surface area contributed by atoms with Crippen molar-refractivity contribution < 1.29 is 9.32 Å². The van der Waals surface area contributed by atoms with E-state index in [1.54, 1.807) is 0 Å². The zero-order valence-electron chi connectivity index (χ0n) is 13.1. The highest BCUT2D eigenvalue weighted by Crippen LogP contribution is 2.17. The van der Waals surface area contributed by atoms with E-state index in [0.29, 0.717) is 0 Å². The van der Waals surface area contributed by atoms with Gasteiger partial charge >= 0.3 is 0 Å². The number of aromatic nitrogens is 1. The van der Waals surface area contributed by atoms with E-state index in [1.165, 1.54) is 5.56 Å². The Morgan fingerprint density at radius 1 is 1.14 bits per heavy atom. The molecule has 0 bridgehead atoms. The number of benzene rings is 1. The van der Waals surface area contributed by atoms with Gasteiger partial charge in [0.1, 0.15) is 5.76 Å². The van der Waals surface area contributed by atoms with Gasteiger partial charge in [-0.3, -0.25) is 9.69 Å². The molecule has 3 rings (SSSR count). The van der Waals surface area contributed by atoms with Crippen LogP contribution in [-0.2, 0) is 6.54 Å². The second-order valence-corrected chi connectivity index (χ2v) is 5.74. The number of hydrogen-bond acceptors (Lipinski definition) is 4. The summed E-state index contributed by atoms with van der Waals surface area (Å²) in [6, 6.07) is 9.48. The molecule has 1 aliphatic heterocycles. The maximum atomic E-state index is 12.4. The quantitative estimate of drug-likeness (QED) is 0.872. The number of rotatable bonds is 3. The van der Waals surface area contributed by atoms with Gasteiger partial charge in [-0.15, -0.1) is 0 Å².